The van der Waals surface area contributed by atoms with Gasteiger partial charge in [-0.1, -0.05) is 6.92 Å². The summed E-state index contributed by atoms with van der Waals surface area (Å²) < 4.78 is 5.18. The Hall–Kier alpha value is -1.06. The highest BCUT2D eigenvalue weighted by atomic mass is 16.6. The molecule has 1 fully saturated rings. The molecule has 4 nitrogen and oxygen atoms in total. The van der Waals surface area contributed by atoms with Gasteiger partial charge in [0.05, 0.1) is 6.42 Å². The van der Waals surface area contributed by atoms with E-state index in [1.54, 1.807) is 0 Å². The molecular weight excluding hydrogens is 230 g/mol. The summed E-state index contributed by atoms with van der Waals surface area (Å²) in [6.07, 6.45) is 2.59. The second-order valence-corrected chi connectivity index (χ2v) is 6.15. The lowest BCUT2D eigenvalue weighted by atomic mass is 9.99. The average molecular weight is 255 g/mol. The molecule has 0 radical (unpaired) electrons. The van der Waals surface area contributed by atoms with E-state index in [1.807, 2.05) is 25.7 Å². The van der Waals surface area contributed by atoms with Crippen molar-refractivity contribution in [1.29, 1.82) is 0 Å². The Morgan fingerprint density at radius 3 is 2.22 bits per heavy atom. The molecule has 1 aliphatic rings. The number of likely N-dealkylation sites (tertiary alicyclic amines) is 1. The molecule has 1 heterocycles. The molecular formula is C14H25NO3. The monoisotopic (exact) mass is 255 g/mol. The van der Waals surface area contributed by atoms with Crippen molar-refractivity contribution >= 4 is 11.9 Å². The number of ether oxygens (including phenoxy) is 1. The fourth-order valence-corrected chi connectivity index (χ4v) is 2.02. The Labute approximate surface area is 110 Å². The normalized spacial score (nSPS) is 17.7. The van der Waals surface area contributed by atoms with E-state index in [-0.39, 0.29) is 24.7 Å². The van der Waals surface area contributed by atoms with E-state index in [0.717, 1.165) is 25.9 Å². The lowest BCUT2D eigenvalue weighted by Crippen LogP contribution is -2.38. The van der Waals surface area contributed by atoms with Gasteiger partial charge in [0, 0.05) is 19.5 Å². The van der Waals surface area contributed by atoms with E-state index < -0.39 is 5.60 Å². The highest BCUT2D eigenvalue weighted by Gasteiger charge is 2.22. The largest absolute Gasteiger partial charge is 0.460 e. The third kappa shape index (κ3) is 5.52. The van der Waals surface area contributed by atoms with Gasteiger partial charge in [-0.2, -0.15) is 0 Å². The third-order valence-electron chi connectivity index (χ3n) is 3.10. The molecule has 0 aromatic heterocycles. The van der Waals surface area contributed by atoms with Gasteiger partial charge in [0.2, 0.25) is 5.91 Å². The Morgan fingerprint density at radius 1 is 1.17 bits per heavy atom. The number of rotatable bonds is 3. The predicted octanol–water partition coefficient (Wildman–Crippen LogP) is 2.37. The van der Waals surface area contributed by atoms with Crippen LogP contribution < -0.4 is 0 Å². The lowest BCUT2D eigenvalue weighted by molar-refractivity contribution is -0.156. The summed E-state index contributed by atoms with van der Waals surface area (Å²) in [5.74, 6) is 0.494. The Morgan fingerprint density at radius 2 is 1.72 bits per heavy atom. The molecule has 0 N–H and O–H groups in total. The number of carbonyl (C=O) groups excluding carboxylic acids is 2. The first kappa shape index (κ1) is 15.0. The zero-order valence-electron chi connectivity index (χ0n) is 12.0. The molecule has 0 aromatic carbocycles. The highest BCUT2D eigenvalue weighted by molar-refractivity contribution is 5.81. The number of piperidine rings is 1. The van der Waals surface area contributed by atoms with E-state index in [0.29, 0.717) is 5.92 Å². The smallest absolute Gasteiger partial charge is 0.306 e. The summed E-state index contributed by atoms with van der Waals surface area (Å²) in [5, 5.41) is 0. The molecule has 0 atom stereocenters. The number of nitrogens with zero attached hydrogens (tertiary/aromatic N) is 1. The third-order valence-corrected chi connectivity index (χ3v) is 3.10. The van der Waals surface area contributed by atoms with E-state index >= 15 is 0 Å². The number of carbonyl (C=O) groups is 2. The number of hydrogen-bond acceptors (Lipinski definition) is 3. The molecule has 0 bridgehead atoms. The maximum Gasteiger partial charge on any atom is 0.306 e. The molecule has 0 saturated carbocycles. The second-order valence-electron chi connectivity index (χ2n) is 6.15. The Kier molecular flexibility index (Phi) is 5.17. The van der Waals surface area contributed by atoms with Crippen LogP contribution in [0.1, 0.15) is 53.4 Å². The first-order valence-electron chi connectivity index (χ1n) is 6.77. The highest BCUT2D eigenvalue weighted by Crippen LogP contribution is 2.17. The van der Waals surface area contributed by atoms with Crippen molar-refractivity contribution in [2.45, 2.75) is 59.0 Å². The van der Waals surface area contributed by atoms with Gasteiger partial charge in [-0.3, -0.25) is 9.59 Å². The fraction of sp³-hybridized carbons (Fsp3) is 0.857. The van der Waals surface area contributed by atoms with Crippen LogP contribution in [0, 0.1) is 5.92 Å². The molecule has 1 rings (SSSR count). The number of hydrogen-bond donors (Lipinski definition) is 0. The first-order valence-corrected chi connectivity index (χ1v) is 6.77. The minimum absolute atomic E-state index is 0.0766. The summed E-state index contributed by atoms with van der Waals surface area (Å²) in [6.45, 7) is 9.36. The van der Waals surface area contributed by atoms with Crippen LogP contribution in [-0.4, -0.2) is 35.5 Å². The maximum atomic E-state index is 11.9. The zero-order valence-corrected chi connectivity index (χ0v) is 12.0. The Bertz CT molecular complexity index is 299. The van der Waals surface area contributed by atoms with Crippen molar-refractivity contribution in [2.75, 3.05) is 13.1 Å². The molecule has 1 saturated heterocycles. The van der Waals surface area contributed by atoms with Crippen molar-refractivity contribution in [3.05, 3.63) is 0 Å². The summed E-state index contributed by atoms with van der Waals surface area (Å²) in [4.78, 5) is 25.3. The molecule has 0 unspecified atom stereocenters. The molecule has 0 aliphatic carbocycles. The SMILES string of the molecule is CC1CCN(C(=O)CCC(=O)OC(C)(C)C)CC1. The van der Waals surface area contributed by atoms with Crippen molar-refractivity contribution in [3.63, 3.8) is 0 Å². The van der Waals surface area contributed by atoms with Gasteiger partial charge in [-0.15, -0.1) is 0 Å². The van der Waals surface area contributed by atoms with Gasteiger partial charge >= 0.3 is 5.97 Å². The minimum Gasteiger partial charge on any atom is -0.460 e. The van der Waals surface area contributed by atoms with Gasteiger partial charge in [0.1, 0.15) is 5.60 Å². The zero-order chi connectivity index (χ0) is 13.8. The molecule has 4 heteroatoms. The fourth-order valence-electron chi connectivity index (χ4n) is 2.02. The quantitative estimate of drug-likeness (QED) is 0.727. The van der Waals surface area contributed by atoms with Crippen molar-refractivity contribution < 1.29 is 14.3 Å². The van der Waals surface area contributed by atoms with E-state index in [2.05, 4.69) is 6.92 Å². The van der Waals surface area contributed by atoms with Gasteiger partial charge in [-0.25, -0.2) is 0 Å². The Balaban J connectivity index is 2.27. The summed E-state index contributed by atoms with van der Waals surface area (Å²) in [5.41, 5.74) is -0.472. The standard InChI is InChI=1S/C14H25NO3/c1-11-7-9-15(10-8-11)12(16)5-6-13(17)18-14(2,3)4/h11H,5-10H2,1-4H3. The van der Waals surface area contributed by atoms with Crippen molar-refractivity contribution in [1.82, 2.24) is 4.90 Å². The number of esters is 1. The second kappa shape index (κ2) is 6.21. The van der Waals surface area contributed by atoms with Crippen molar-refractivity contribution in [2.24, 2.45) is 5.92 Å². The minimum atomic E-state index is -0.472. The summed E-state index contributed by atoms with van der Waals surface area (Å²) in [7, 11) is 0. The molecule has 104 valence electrons. The average Bonchev–Trinajstić information content (AvgIpc) is 2.24. The van der Waals surface area contributed by atoms with Gasteiger partial charge in [0.15, 0.2) is 0 Å². The van der Waals surface area contributed by atoms with Crippen LogP contribution in [0.2, 0.25) is 0 Å². The summed E-state index contributed by atoms with van der Waals surface area (Å²) in [6, 6.07) is 0. The predicted molar refractivity (Wildman–Crippen MR) is 70.1 cm³/mol. The van der Waals surface area contributed by atoms with E-state index in [4.69, 9.17) is 4.74 Å². The van der Waals surface area contributed by atoms with Gasteiger partial charge < -0.3 is 9.64 Å². The van der Waals surface area contributed by atoms with Crippen LogP contribution >= 0.6 is 0 Å². The van der Waals surface area contributed by atoms with Crippen LogP contribution in [0.25, 0.3) is 0 Å². The number of amides is 1. The van der Waals surface area contributed by atoms with Crippen molar-refractivity contribution in [3.8, 4) is 0 Å². The van der Waals surface area contributed by atoms with Crippen LogP contribution in [0.3, 0.4) is 0 Å². The van der Waals surface area contributed by atoms with Crippen LogP contribution in [0.5, 0.6) is 0 Å². The molecule has 0 spiro atoms. The lowest BCUT2D eigenvalue weighted by Gasteiger charge is -2.30. The van der Waals surface area contributed by atoms with E-state index in [1.165, 1.54) is 0 Å². The van der Waals surface area contributed by atoms with E-state index in [9.17, 15) is 9.59 Å². The van der Waals surface area contributed by atoms with Gasteiger partial charge in [-0.05, 0) is 39.5 Å². The topological polar surface area (TPSA) is 46.6 Å². The van der Waals surface area contributed by atoms with Crippen LogP contribution in [0.15, 0.2) is 0 Å². The molecule has 1 amide bonds. The molecule has 18 heavy (non-hydrogen) atoms. The molecule has 0 aromatic rings. The molecule has 1 aliphatic heterocycles. The van der Waals surface area contributed by atoms with Crippen LogP contribution in [0.4, 0.5) is 0 Å². The summed E-state index contributed by atoms with van der Waals surface area (Å²) >= 11 is 0. The van der Waals surface area contributed by atoms with Gasteiger partial charge in [0.25, 0.3) is 0 Å². The maximum absolute atomic E-state index is 11.9. The van der Waals surface area contributed by atoms with Crippen LogP contribution in [-0.2, 0) is 14.3 Å². The first-order chi connectivity index (χ1) is 8.28.